The van der Waals surface area contributed by atoms with Crippen LogP contribution in [0.5, 0.6) is 5.75 Å². The highest BCUT2D eigenvalue weighted by molar-refractivity contribution is 6.74. The summed E-state index contributed by atoms with van der Waals surface area (Å²) in [5, 5.41) is 0.259. The van der Waals surface area contributed by atoms with Gasteiger partial charge in [-0.15, -0.1) is 0 Å². The topological polar surface area (TPSA) is 36.9 Å². The van der Waals surface area contributed by atoms with E-state index < -0.39 is 8.32 Å². The molecule has 0 spiro atoms. The monoisotopic (exact) mass is 380 g/mol. The first-order chi connectivity index (χ1) is 12.1. The average Bonchev–Trinajstić information content (AvgIpc) is 2.59. The van der Waals surface area contributed by atoms with E-state index >= 15 is 0 Å². The summed E-state index contributed by atoms with van der Waals surface area (Å²) in [5.41, 5.74) is 1.04. The normalized spacial score (nSPS) is 24.5. The second-order valence-electron chi connectivity index (χ2n) is 8.84. The summed E-state index contributed by atoms with van der Waals surface area (Å²) in [4.78, 5) is 0. The summed E-state index contributed by atoms with van der Waals surface area (Å²) in [6.45, 7) is 15.2. The van der Waals surface area contributed by atoms with Crippen molar-refractivity contribution in [1.82, 2.24) is 0 Å². The maximum Gasteiger partial charge on any atom is 0.191 e. The maximum atomic E-state index is 6.30. The third kappa shape index (κ3) is 5.56. The molecule has 0 N–H and O–H groups in total. The molecule has 0 aliphatic carbocycles. The van der Waals surface area contributed by atoms with Gasteiger partial charge in [-0.2, -0.15) is 0 Å². The first-order valence-electron chi connectivity index (χ1n) is 9.69. The van der Waals surface area contributed by atoms with Crippen LogP contribution in [0.25, 0.3) is 0 Å². The fourth-order valence-electron chi connectivity index (χ4n) is 2.80. The van der Waals surface area contributed by atoms with E-state index in [2.05, 4.69) is 40.8 Å². The van der Waals surface area contributed by atoms with Gasteiger partial charge in [0.15, 0.2) is 14.6 Å². The lowest BCUT2D eigenvalue weighted by molar-refractivity contribution is -0.240. The van der Waals surface area contributed by atoms with E-state index in [0.717, 1.165) is 37.4 Å². The number of hydrogen-bond acceptors (Lipinski definition) is 4. The third-order valence-corrected chi connectivity index (χ3v) is 10.3. The third-order valence-electron chi connectivity index (χ3n) is 5.73. The Balaban J connectivity index is 1.84. The molecule has 3 unspecified atom stereocenters. The Labute approximate surface area is 160 Å². The zero-order valence-electron chi connectivity index (χ0n) is 17.5. The van der Waals surface area contributed by atoms with Crippen molar-refractivity contribution in [3.63, 3.8) is 0 Å². The molecule has 0 amide bonds. The van der Waals surface area contributed by atoms with Crippen LogP contribution in [-0.4, -0.2) is 34.7 Å². The van der Waals surface area contributed by atoms with Crippen molar-refractivity contribution in [1.29, 1.82) is 0 Å². The van der Waals surface area contributed by atoms with Crippen molar-refractivity contribution < 1.29 is 18.6 Å². The van der Waals surface area contributed by atoms with Gasteiger partial charge in [-0.25, -0.2) is 0 Å². The van der Waals surface area contributed by atoms with Crippen LogP contribution in [0, 0.1) is 5.92 Å². The number of methoxy groups -OCH3 is 1. The minimum atomic E-state index is -1.66. The van der Waals surface area contributed by atoms with E-state index in [0.29, 0.717) is 5.92 Å². The van der Waals surface area contributed by atoms with Gasteiger partial charge in [0.25, 0.3) is 0 Å². The highest BCUT2D eigenvalue weighted by Gasteiger charge is 2.37. The van der Waals surface area contributed by atoms with Crippen LogP contribution in [0.15, 0.2) is 24.3 Å². The summed E-state index contributed by atoms with van der Waals surface area (Å²) in [6, 6.07) is 7.92. The molecule has 0 radical (unpaired) electrons. The molecule has 2 rings (SSSR count). The quantitative estimate of drug-likeness (QED) is 0.459. The van der Waals surface area contributed by atoms with Gasteiger partial charge < -0.3 is 18.6 Å². The molecule has 0 bridgehead atoms. The predicted octanol–water partition coefficient (Wildman–Crippen LogP) is 5.55. The van der Waals surface area contributed by atoms with Gasteiger partial charge >= 0.3 is 0 Å². The second-order valence-corrected chi connectivity index (χ2v) is 13.7. The molecule has 1 aliphatic heterocycles. The van der Waals surface area contributed by atoms with Crippen molar-refractivity contribution in [2.45, 2.75) is 71.1 Å². The molecule has 0 aromatic heterocycles. The van der Waals surface area contributed by atoms with Crippen LogP contribution in [0.3, 0.4) is 0 Å². The first kappa shape index (κ1) is 21.4. The van der Waals surface area contributed by atoms with Crippen LogP contribution in [0.1, 0.15) is 52.4 Å². The smallest absolute Gasteiger partial charge is 0.191 e. The summed E-state index contributed by atoms with van der Waals surface area (Å²) in [7, 11) is 0.0116. The van der Waals surface area contributed by atoms with E-state index in [1.54, 1.807) is 7.11 Å². The summed E-state index contributed by atoms with van der Waals surface area (Å²) in [6.07, 6.45) is 1.95. The molecule has 1 aromatic rings. The van der Waals surface area contributed by atoms with E-state index in [4.69, 9.17) is 18.6 Å². The molecule has 5 heteroatoms. The van der Waals surface area contributed by atoms with Crippen molar-refractivity contribution in [3.8, 4) is 5.75 Å². The molecular weight excluding hydrogens is 344 g/mol. The van der Waals surface area contributed by atoms with E-state index in [1.165, 1.54) is 0 Å². The summed E-state index contributed by atoms with van der Waals surface area (Å²) in [5.74, 6) is 1.25. The Morgan fingerprint density at radius 1 is 1.15 bits per heavy atom. The Morgan fingerprint density at radius 2 is 1.81 bits per heavy atom. The highest BCUT2D eigenvalue weighted by atomic mass is 28.4. The minimum absolute atomic E-state index is 0.207. The molecule has 1 aromatic carbocycles. The fraction of sp³-hybridized carbons (Fsp3) is 0.714. The van der Waals surface area contributed by atoms with Crippen LogP contribution in [0.4, 0.5) is 0 Å². The Hall–Kier alpha value is -0.883. The molecule has 26 heavy (non-hydrogen) atoms. The SMILES string of the molecule is COc1ccc(C2OCC(C)C(CCCO[Si](C)(C)C(C)(C)C)O2)cc1. The molecule has 148 valence electrons. The second kappa shape index (κ2) is 8.87. The average molecular weight is 381 g/mol. The van der Waals surface area contributed by atoms with Crippen LogP contribution in [0.2, 0.25) is 18.1 Å². The predicted molar refractivity (Wildman–Crippen MR) is 108 cm³/mol. The van der Waals surface area contributed by atoms with Crippen LogP contribution < -0.4 is 4.74 Å². The van der Waals surface area contributed by atoms with E-state index in [9.17, 15) is 0 Å². The van der Waals surface area contributed by atoms with E-state index in [1.807, 2.05) is 24.3 Å². The zero-order valence-corrected chi connectivity index (χ0v) is 18.5. The molecule has 1 saturated heterocycles. The number of benzene rings is 1. The van der Waals surface area contributed by atoms with Gasteiger partial charge in [-0.05, 0) is 43.1 Å². The van der Waals surface area contributed by atoms with Crippen molar-refractivity contribution in [2.75, 3.05) is 20.3 Å². The van der Waals surface area contributed by atoms with Gasteiger partial charge in [-0.1, -0.05) is 39.8 Å². The van der Waals surface area contributed by atoms with E-state index in [-0.39, 0.29) is 17.4 Å². The number of rotatable bonds is 7. The fourth-order valence-corrected chi connectivity index (χ4v) is 3.88. The Kier molecular flexibility index (Phi) is 7.31. The lowest BCUT2D eigenvalue weighted by Crippen LogP contribution is -2.41. The lowest BCUT2D eigenvalue weighted by Gasteiger charge is -2.37. The summed E-state index contributed by atoms with van der Waals surface area (Å²) >= 11 is 0. The molecule has 1 aliphatic rings. The molecule has 4 nitrogen and oxygen atoms in total. The minimum Gasteiger partial charge on any atom is -0.497 e. The Morgan fingerprint density at radius 3 is 2.38 bits per heavy atom. The first-order valence-corrected chi connectivity index (χ1v) is 12.6. The Bertz CT molecular complexity index is 550. The van der Waals surface area contributed by atoms with Crippen molar-refractivity contribution in [2.24, 2.45) is 5.92 Å². The van der Waals surface area contributed by atoms with Gasteiger partial charge in [0, 0.05) is 18.1 Å². The number of hydrogen-bond donors (Lipinski definition) is 0. The molecule has 1 fully saturated rings. The van der Waals surface area contributed by atoms with Crippen LogP contribution >= 0.6 is 0 Å². The van der Waals surface area contributed by atoms with Gasteiger partial charge in [0.2, 0.25) is 0 Å². The zero-order chi connectivity index (χ0) is 19.4. The maximum absolute atomic E-state index is 6.30. The van der Waals surface area contributed by atoms with Crippen molar-refractivity contribution >= 4 is 8.32 Å². The van der Waals surface area contributed by atoms with Gasteiger partial charge in [-0.3, -0.25) is 0 Å². The molecule has 3 atom stereocenters. The van der Waals surface area contributed by atoms with Gasteiger partial charge in [0.05, 0.1) is 19.8 Å². The molecule has 0 saturated carbocycles. The van der Waals surface area contributed by atoms with Crippen molar-refractivity contribution in [3.05, 3.63) is 29.8 Å². The van der Waals surface area contributed by atoms with Gasteiger partial charge in [0.1, 0.15) is 5.75 Å². The molecule has 1 heterocycles. The number of ether oxygens (including phenoxy) is 3. The van der Waals surface area contributed by atoms with Crippen LogP contribution in [-0.2, 0) is 13.9 Å². The lowest BCUT2D eigenvalue weighted by atomic mass is 9.99. The summed E-state index contributed by atoms with van der Waals surface area (Å²) < 4.78 is 23.7. The standard InChI is InChI=1S/C21H36O4Si/c1-16-15-23-20(17-10-12-18(22-5)13-11-17)25-19(16)9-8-14-24-26(6,7)21(2,3)4/h10-13,16,19-20H,8-9,14-15H2,1-7H3. The largest absolute Gasteiger partial charge is 0.497 e. The highest BCUT2D eigenvalue weighted by Crippen LogP contribution is 2.37. The molecular formula is C21H36O4Si.